The van der Waals surface area contributed by atoms with Gasteiger partial charge in [-0.05, 0) is 54.8 Å². The Morgan fingerprint density at radius 3 is 2.26 bits per heavy atom. The predicted octanol–water partition coefficient (Wildman–Crippen LogP) is 2.71. The number of urea groups is 1. The lowest BCUT2D eigenvalue weighted by molar-refractivity contribution is 0.0709. The molecule has 2 aromatic rings. The minimum absolute atomic E-state index is 0.00545. The van der Waals surface area contributed by atoms with Gasteiger partial charge in [0, 0.05) is 36.9 Å². The number of nitrogens with one attached hydrogen (secondary N) is 2. The minimum atomic E-state index is -0.351. The van der Waals surface area contributed by atoms with E-state index in [0.717, 1.165) is 5.56 Å². The second-order valence-electron chi connectivity index (χ2n) is 6.57. The first-order valence-corrected chi connectivity index (χ1v) is 8.96. The third kappa shape index (κ3) is 5.04. The predicted molar refractivity (Wildman–Crippen MR) is 102 cm³/mol. The molecule has 3 rings (SSSR count). The summed E-state index contributed by atoms with van der Waals surface area (Å²) in [6, 6.07) is 12.6. The van der Waals surface area contributed by atoms with Crippen LogP contribution in [0.3, 0.4) is 0 Å². The van der Waals surface area contributed by atoms with E-state index in [1.807, 2.05) is 12.1 Å². The number of likely N-dealkylation sites (tertiary alicyclic amines) is 1. The van der Waals surface area contributed by atoms with Crippen LogP contribution >= 0.6 is 0 Å². The zero-order chi connectivity index (χ0) is 19.2. The third-order valence-corrected chi connectivity index (χ3v) is 4.66. The molecule has 0 saturated carbocycles. The van der Waals surface area contributed by atoms with Crippen LogP contribution in [0, 0.1) is 5.82 Å². The quantitative estimate of drug-likeness (QED) is 0.773. The second-order valence-corrected chi connectivity index (χ2v) is 6.57. The van der Waals surface area contributed by atoms with Crippen LogP contribution in [0.5, 0.6) is 0 Å². The number of anilines is 1. The van der Waals surface area contributed by atoms with Gasteiger partial charge in [-0.3, -0.25) is 4.79 Å². The Morgan fingerprint density at radius 1 is 1.04 bits per heavy atom. The second kappa shape index (κ2) is 8.64. The van der Waals surface area contributed by atoms with Gasteiger partial charge in [0.05, 0.1) is 0 Å². The Bertz CT molecular complexity index is 785. The van der Waals surface area contributed by atoms with E-state index in [0.29, 0.717) is 43.7 Å². The van der Waals surface area contributed by atoms with Crippen molar-refractivity contribution in [3.05, 3.63) is 65.5 Å². The molecule has 27 heavy (non-hydrogen) atoms. The number of halogens is 1. The maximum absolute atomic E-state index is 12.9. The van der Waals surface area contributed by atoms with E-state index in [1.165, 1.54) is 24.3 Å². The van der Waals surface area contributed by atoms with E-state index in [-0.39, 0.29) is 23.8 Å². The lowest BCUT2D eigenvalue weighted by Gasteiger charge is -2.32. The zero-order valence-electron chi connectivity index (χ0n) is 15.0. The normalized spacial score (nSPS) is 14.7. The van der Waals surface area contributed by atoms with Crippen molar-refractivity contribution in [1.29, 1.82) is 0 Å². The third-order valence-electron chi connectivity index (χ3n) is 4.66. The molecule has 1 fully saturated rings. The number of amides is 3. The van der Waals surface area contributed by atoms with E-state index >= 15 is 0 Å². The molecule has 1 heterocycles. The van der Waals surface area contributed by atoms with Crippen molar-refractivity contribution in [3.63, 3.8) is 0 Å². The van der Waals surface area contributed by atoms with E-state index in [1.54, 1.807) is 17.0 Å². The summed E-state index contributed by atoms with van der Waals surface area (Å²) in [5.74, 6) is -0.358. The fourth-order valence-corrected chi connectivity index (χ4v) is 3.08. The molecule has 1 aliphatic rings. The maximum Gasteiger partial charge on any atom is 0.319 e. The molecular weight excluding hydrogens is 347 g/mol. The average molecular weight is 370 g/mol. The molecule has 6 nitrogen and oxygen atoms in total. The Labute approximate surface area is 157 Å². The molecule has 4 N–H and O–H groups in total. The molecule has 142 valence electrons. The van der Waals surface area contributed by atoms with Crippen LogP contribution in [-0.4, -0.2) is 36.0 Å². The number of piperidine rings is 1. The smallest absolute Gasteiger partial charge is 0.319 e. The number of carbonyl (C=O) groups is 2. The number of nitrogens with two attached hydrogens (primary N) is 1. The summed E-state index contributed by atoms with van der Waals surface area (Å²) < 4.78 is 12.9. The van der Waals surface area contributed by atoms with Crippen molar-refractivity contribution >= 4 is 17.6 Å². The summed E-state index contributed by atoms with van der Waals surface area (Å²) in [6.45, 7) is 1.61. The summed E-state index contributed by atoms with van der Waals surface area (Å²) in [5, 5.41) is 5.58. The van der Waals surface area contributed by atoms with Crippen LogP contribution in [0.4, 0.5) is 14.9 Å². The first kappa shape index (κ1) is 18.8. The van der Waals surface area contributed by atoms with Gasteiger partial charge < -0.3 is 21.3 Å². The standard InChI is InChI=1S/C20H23FN4O2/c21-16-5-7-17(8-6-16)23-20(27)24-18-9-11-25(12-10-18)19(26)15-3-1-14(13-22)2-4-15/h1-8,18H,9-13,22H2,(H2,23,24,27). The number of hydrogen-bond acceptors (Lipinski definition) is 3. The highest BCUT2D eigenvalue weighted by Crippen LogP contribution is 2.15. The Balaban J connectivity index is 1.47. The van der Waals surface area contributed by atoms with Crippen molar-refractivity contribution in [2.45, 2.75) is 25.4 Å². The van der Waals surface area contributed by atoms with Gasteiger partial charge in [0.25, 0.3) is 5.91 Å². The molecule has 1 aliphatic heterocycles. The van der Waals surface area contributed by atoms with Gasteiger partial charge in [0.1, 0.15) is 5.82 Å². The Kier molecular flexibility index (Phi) is 6.03. The van der Waals surface area contributed by atoms with Gasteiger partial charge in [-0.2, -0.15) is 0 Å². The largest absolute Gasteiger partial charge is 0.338 e. The molecule has 2 aromatic carbocycles. The highest BCUT2D eigenvalue weighted by molar-refractivity contribution is 5.94. The molecule has 0 aromatic heterocycles. The van der Waals surface area contributed by atoms with Crippen LogP contribution in [0.1, 0.15) is 28.8 Å². The average Bonchev–Trinajstić information content (AvgIpc) is 2.70. The molecule has 3 amide bonds. The SMILES string of the molecule is NCc1ccc(C(=O)N2CCC(NC(=O)Nc3ccc(F)cc3)CC2)cc1. The van der Waals surface area contributed by atoms with Gasteiger partial charge >= 0.3 is 6.03 Å². The zero-order valence-corrected chi connectivity index (χ0v) is 15.0. The van der Waals surface area contributed by atoms with Crippen LogP contribution < -0.4 is 16.4 Å². The van der Waals surface area contributed by atoms with Crippen LogP contribution in [-0.2, 0) is 6.54 Å². The van der Waals surface area contributed by atoms with Crippen molar-refractivity contribution < 1.29 is 14.0 Å². The number of carbonyl (C=O) groups excluding carboxylic acids is 2. The minimum Gasteiger partial charge on any atom is -0.338 e. The van der Waals surface area contributed by atoms with Gasteiger partial charge in [-0.1, -0.05) is 12.1 Å². The van der Waals surface area contributed by atoms with Gasteiger partial charge in [0.15, 0.2) is 0 Å². The number of rotatable bonds is 4. The Morgan fingerprint density at radius 2 is 1.67 bits per heavy atom. The number of nitrogens with zero attached hydrogens (tertiary/aromatic N) is 1. The molecule has 0 radical (unpaired) electrons. The van der Waals surface area contributed by atoms with E-state index in [9.17, 15) is 14.0 Å². The number of hydrogen-bond donors (Lipinski definition) is 3. The maximum atomic E-state index is 12.9. The fraction of sp³-hybridized carbons (Fsp3) is 0.300. The van der Waals surface area contributed by atoms with Crippen molar-refractivity contribution in [2.75, 3.05) is 18.4 Å². The van der Waals surface area contributed by atoms with Crippen LogP contribution in [0.15, 0.2) is 48.5 Å². The molecule has 0 bridgehead atoms. The molecule has 0 unspecified atom stereocenters. The molecule has 0 aliphatic carbocycles. The van der Waals surface area contributed by atoms with Crippen LogP contribution in [0.25, 0.3) is 0 Å². The van der Waals surface area contributed by atoms with E-state index in [2.05, 4.69) is 10.6 Å². The van der Waals surface area contributed by atoms with Gasteiger partial charge in [-0.15, -0.1) is 0 Å². The van der Waals surface area contributed by atoms with Crippen molar-refractivity contribution in [1.82, 2.24) is 10.2 Å². The number of benzene rings is 2. The van der Waals surface area contributed by atoms with Crippen molar-refractivity contribution in [2.24, 2.45) is 5.73 Å². The molecule has 0 spiro atoms. The molecule has 0 atom stereocenters. The molecular formula is C20H23FN4O2. The van der Waals surface area contributed by atoms with Gasteiger partial charge in [0.2, 0.25) is 0 Å². The van der Waals surface area contributed by atoms with E-state index in [4.69, 9.17) is 5.73 Å². The lowest BCUT2D eigenvalue weighted by Crippen LogP contribution is -2.47. The van der Waals surface area contributed by atoms with E-state index < -0.39 is 0 Å². The molecule has 7 heteroatoms. The highest BCUT2D eigenvalue weighted by Gasteiger charge is 2.24. The summed E-state index contributed by atoms with van der Waals surface area (Å²) in [6.07, 6.45) is 1.37. The Hall–Kier alpha value is -2.93. The molecule has 1 saturated heterocycles. The fourth-order valence-electron chi connectivity index (χ4n) is 3.08. The lowest BCUT2D eigenvalue weighted by atomic mass is 10.0. The first-order valence-electron chi connectivity index (χ1n) is 8.96. The monoisotopic (exact) mass is 370 g/mol. The summed E-state index contributed by atoms with van der Waals surface area (Å²) in [4.78, 5) is 26.4. The topological polar surface area (TPSA) is 87.5 Å². The highest BCUT2D eigenvalue weighted by atomic mass is 19.1. The summed E-state index contributed by atoms with van der Waals surface area (Å²) in [5.41, 5.74) is 7.74. The summed E-state index contributed by atoms with van der Waals surface area (Å²) >= 11 is 0. The van der Waals surface area contributed by atoms with Crippen molar-refractivity contribution in [3.8, 4) is 0 Å². The van der Waals surface area contributed by atoms with Crippen LogP contribution in [0.2, 0.25) is 0 Å². The first-order chi connectivity index (χ1) is 13.0. The van der Waals surface area contributed by atoms with Gasteiger partial charge in [-0.25, -0.2) is 9.18 Å². The summed E-state index contributed by atoms with van der Waals surface area (Å²) in [7, 11) is 0.